The summed E-state index contributed by atoms with van der Waals surface area (Å²) in [6, 6.07) is 7.93. The largest absolute Gasteiger partial charge is 0.493 e. The number of amides is 2. The molecule has 1 aromatic carbocycles. The van der Waals surface area contributed by atoms with E-state index in [1.54, 1.807) is 24.4 Å². The molecule has 0 atom stereocenters. The van der Waals surface area contributed by atoms with Crippen molar-refractivity contribution >= 4 is 28.4 Å². The minimum Gasteiger partial charge on any atom is -0.493 e. The van der Waals surface area contributed by atoms with Crippen LogP contribution in [0.15, 0.2) is 60.6 Å². The second-order valence-corrected chi connectivity index (χ2v) is 11.6. The summed E-state index contributed by atoms with van der Waals surface area (Å²) in [5, 5.41) is 13.9. The zero-order chi connectivity index (χ0) is 31.7. The average molecular weight is 628 g/mol. The molecule has 12 heteroatoms. The number of carbonyl (C=O) groups is 2. The molecule has 3 aliphatic rings. The number of piperazine rings is 1. The Morgan fingerprint density at radius 1 is 0.957 bits per heavy atom. The molecular formula is C34H41N7O5. The molecule has 2 aliphatic heterocycles. The summed E-state index contributed by atoms with van der Waals surface area (Å²) in [7, 11) is 1.65. The number of nitrogens with one attached hydrogen (secondary N) is 1. The average Bonchev–Trinajstić information content (AvgIpc) is 3.11. The number of carbonyl (C=O) groups excluding carboxylic acids is 2. The predicted octanol–water partition coefficient (Wildman–Crippen LogP) is 2.72. The summed E-state index contributed by atoms with van der Waals surface area (Å²) < 4.78 is 17.6. The smallest absolute Gasteiger partial charge is 0.313 e. The lowest BCUT2D eigenvalue weighted by Crippen LogP contribution is -2.52. The molecule has 0 radical (unpaired) electrons. The van der Waals surface area contributed by atoms with Gasteiger partial charge in [0.1, 0.15) is 0 Å². The molecule has 2 aromatic heterocycles. The van der Waals surface area contributed by atoms with E-state index in [4.69, 9.17) is 19.3 Å². The van der Waals surface area contributed by atoms with Crippen molar-refractivity contribution in [1.29, 1.82) is 0 Å². The lowest BCUT2D eigenvalue weighted by atomic mass is 10.0. The van der Waals surface area contributed by atoms with E-state index in [1.807, 2.05) is 42.5 Å². The van der Waals surface area contributed by atoms with Gasteiger partial charge in [-0.05, 0) is 55.2 Å². The predicted molar refractivity (Wildman–Crippen MR) is 174 cm³/mol. The van der Waals surface area contributed by atoms with Crippen molar-refractivity contribution in [3.8, 4) is 11.5 Å². The Labute approximate surface area is 269 Å². The normalized spacial score (nSPS) is 17.1. The van der Waals surface area contributed by atoms with E-state index in [9.17, 15) is 9.59 Å². The fourth-order valence-corrected chi connectivity index (χ4v) is 5.98. The number of rotatable bonds is 10. The Balaban J connectivity index is 1.20. The highest BCUT2D eigenvalue weighted by molar-refractivity contribution is 6.35. The van der Waals surface area contributed by atoms with Crippen molar-refractivity contribution in [1.82, 2.24) is 30.3 Å². The highest BCUT2D eigenvalue weighted by Gasteiger charge is 2.28. The summed E-state index contributed by atoms with van der Waals surface area (Å²) in [5.41, 5.74) is 2.57. The first kappa shape index (κ1) is 31.4. The fraction of sp³-hybridized carbons (Fsp3) is 0.441. The molecule has 12 nitrogen and oxygen atoms in total. The highest BCUT2D eigenvalue weighted by atomic mass is 16.5. The van der Waals surface area contributed by atoms with Crippen LogP contribution in [0.4, 0.5) is 5.82 Å². The van der Waals surface area contributed by atoms with E-state index in [-0.39, 0.29) is 0 Å². The Kier molecular flexibility index (Phi) is 10.4. The van der Waals surface area contributed by atoms with Gasteiger partial charge in [-0.25, -0.2) is 0 Å². The summed E-state index contributed by atoms with van der Waals surface area (Å²) in [5.74, 6) is 0.860. The van der Waals surface area contributed by atoms with Crippen LogP contribution in [0.1, 0.15) is 30.5 Å². The van der Waals surface area contributed by atoms with Gasteiger partial charge in [0.15, 0.2) is 17.3 Å². The van der Waals surface area contributed by atoms with Gasteiger partial charge in [0, 0.05) is 81.1 Å². The van der Waals surface area contributed by atoms with Crippen LogP contribution in [0.2, 0.25) is 0 Å². The molecule has 2 saturated heterocycles. The number of hydrogen-bond donors (Lipinski definition) is 1. The molecule has 4 heterocycles. The van der Waals surface area contributed by atoms with Gasteiger partial charge in [0.2, 0.25) is 0 Å². The number of hydrogen-bond acceptors (Lipinski definition) is 10. The van der Waals surface area contributed by atoms with Crippen LogP contribution in [-0.2, 0) is 20.7 Å². The first-order valence-electron chi connectivity index (χ1n) is 16.0. The molecule has 6 rings (SSSR count). The lowest BCUT2D eigenvalue weighted by molar-refractivity contribution is -0.145. The topological polar surface area (TPSA) is 122 Å². The summed E-state index contributed by atoms with van der Waals surface area (Å²) >= 11 is 0. The van der Waals surface area contributed by atoms with E-state index >= 15 is 0 Å². The Hall–Kier alpha value is -4.55. The number of anilines is 1. The number of pyridine rings is 1. The van der Waals surface area contributed by atoms with E-state index in [1.165, 1.54) is 0 Å². The van der Waals surface area contributed by atoms with E-state index in [0.29, 0.717) is 62.2 Å². The van der Waals surface area contributed by atoms with E-state index < -0.39 is 11.8 Å². The quantitative estimate of drug-likeness (QED) is 0.265. The van der Waals surface area contributed by atoms with Crippen LogP contribution in [0, 0.1) is 0 Å². The van der Waals surface area contributed by atoms with E-state index in [0.717, 1.165) is 74.1 Å². The van der Waals surface area contributed by atoms with Gasteiger partial charge in [0.25, 0.3) is 0 Å². The Bertz CT molecular complexity index is 1580. The molecular weight excluding hydrogens is 586 g/mol. The molecule has 46 heavy (non-hydrogen) atoms. The minimum absolute atomic E-state index is 0.393. The van der Waals surface area contributed by atoms with Gasteiger partial charge in [-0.1, -0.05) is 12.2 Å². The number of fused-ring (bicyclic) bond motifs is 1. The van der Waals surface area contributed by atoms with Crippen LogP contribution < -0.4 is 19.7 Å². The molecule has 242 valence electrons. The van der Waals surface area contributed by atoms with Gasteiger partial charge in [0.05, 0.1) is 32.6 Å². The zero-order valence-corrected chi connectivity index (χ0v) is 26.3. The molecule has 2 amide bonds. The molecule has 1 N–H and O–H groups in total. The molecule has 0 unspecified atom stereocenters. The third-order valence-electron chi connectivity index (χ3n) is 8.54. The van der Waals surface area contributed by atoms with Crippen LogP contribution in [0.3, 0.4) is 0 Å². The number of methoxy groups -OCH3 is 1. The van der Waals surface area contributed by atoms with E-state index in [2.05, 4.69) is 25.2 Å². The molecule has 0 saturated carbocycles. The van der Waals surface area contributed by atoms with Crippen molar-refractivity contribution in [2.45, 2.75) is 25.7 Å². The number of nitrogens with zero attached hydrogens (tertiary/aromatic N) is 6. The van der Waals surface area contributed by atoms with Crippen molar-refractivity contribution < 1.29 is 23.8 Å². The monoisotopic (exact) mass is 627 g/mol. The first-order chi connectivity index (χ1) is 22.6. The van der Waals surface area contributed by atoms with Crippen molar-refractivity contribution in [2.75, 3.05) is 77.6 Å². The van der Waals surface area contributed by atoms with Gasteiger partial charge in [-0.3, -0.25) is 19.5 Å². The third kappa shape index (κ3) is 7.63. The molecule has 2 fully saturated rings. The molecule has 3 aromatic rings. The number of aromatic nitrogens is 3. The first-order valence-corrected chi connectivity index (χ1v) is 16.0. The highest BCUT2D eigenvalue weighted by Crippen LogP contribution is 2.37. The van der Waals surface area contributed by atoms with Gasteiger partial charge >= 0.3 is 11.8 Å². The molecule has 1 aliphatic carbocycles. The van der Waals surface area contributed by atoms with Crippen LogP contribution in [0.5, 0.6) is 11.5 Å². The SMILES string of the molecule is COc1cc2c(Cc3ccncc3)nnc(N3CCN(C(=O)C(=O)NC4=CCCC=C4)CC3)c2cc1OCCCN1CCOCC1. The number of allylic oxidation sites excluding steroid dienone is 3. The second-order valence-electron chi connectivity index (χ2n) is 11.6. The van der Waals surface area contributed by atoms with Crippen LogP contribution in [-0.4, -0.2) is 110 Å². The summed E-state index contributed by atoms with van der Waals surface area (Å²) in [4.78, 5) is 35.9. The minimum atomic E-state index is -0.612. The number of ether oxygens (including phenoxy) is 3. The zero-order valence-electron chi connectivity index (χ0n) is 26.3. The standard InChI is InChI=1S/C34H41N7O5/c1-44-30-23-27-28(24-31(30)46-19-5-12-39-17-20-45-21-18-39)32(38-37-29(27)22-25-8-10-35-11-9-25)40-13-15-41(16-14-40)34(43)33(42)36-26-6-3-2-4-7-26/h3,6-11,23-24H,2,4-5,12-22H2,1H3,(H,36,42). The summed E-state index contributed by atoms with van der Waals surface area (Å²) in [6.45, 7) is 6.74. The van der Waals surface area contributed by atoms with Gasteiger partial charge in [-0.2, -0.15) is 5.10 Å². The van der Waals surface area contributed by atoms with Gasteiger partial charge < -0.3 is 29.3 Å². The number of morpholine rings is 1. The van der Waals surface area contributed by atoms with Gasteiger partial charge in [-0.15, -0.1) is 5.10 Å². The Morgan fingerprint density at radius 2 is 1.74 bits per heavy atom. The Morgan fingerprint density at radius 3 is 2.48 bits per heavy atom. The third-order valence-corrected chi connectivity index (χ3v) is 8.54. The molecule has 0 bridgehead atoms. The summed E-state index contributed by atoms with van der Waals surface area (Å²) in [6.07, 6.45) is 12.6. The van der Waals surface area contributed by atoms with Crippen LogP contribution >= 0.6 is 0 Å². The fourth-order valence-electron chi connectivity index (χ4n) is 5.98. The maximum atomic E-state index is 13.0. The van der Waals surface area contributed by atoms with Crippen LogP contribution in [0.25, 0.3) is 10.8 Å². The van der Waals surface area contributed by atoms with Crippen molar-refractivity contribution in [2.24, 2.45) is 0 Å². The maximum absolute atomic E-state index is 13.0. The van der Waals surface area contributed by atoms with Crippen molar-refractivity contribution in [3.05, 3.63) is 71.8 Å². The second kappa shape index (κ2) is 15.2. The number of benzene rings is 1. The van der Waals surface area contributed by atoms with Crippen molar-refractivity contribution in [3.63, 3.8) is 0 Å². The maximum Gasteiger partial charge on any atom is 0.313 e. The lowest BCUT2D eigenvalue weighted by Gasteiger charge is -2.35. The molecule has 0 spiro atoms.